The fourth-order valence-corrected chi connectivity index (χ4v) is 4.46. The lowest BCUT2D eigenvalue weighted by Gasteiger charge is -2.21. The summed E-state index contributed by atoms with van der Waals surface area (Å²) < 4.78 is 25.3. The molecule has 0 aliphatic heterocycles. The summed E-state index contributed by atoms with van der Waals surface area (Å²) in [6, 6.07) is 20.8. The molecule has 0 saturated carbocycles. The first-order valence-corrected chi connectivity index (χ1v) is 13.4. The van der Waals surface area contributed by atoms with Crippen LogP contribution in [0.4, 0.5) is 22.0 Å². The third-order valence-corrected chi connectivity index (χ3v) is 6.47. The molecule has 186 valence electrons. The molecule has 0 unspecified atom stereocenters. The van der Waals surface area contributed by atoms with Crippen molar-refractivity contribution in [2.24, 2.45) is 0 Å². The van der Waals surface area contributed by atoms with Crippen molar-refractivity contribution in [3.63, 3.8) is 0 Å². The molecule has 0 spiro atoms. The van der Waals surface area contributed by atoms with Gasteiger partial charge in [0, 0.05) is 22.8 Å². The number of hydrogen-bond acceptors (Lipinski definition) is 4. The molecule has 0 bridgehead atoms. The number of aryl methyl sites for hydroxylation is 1. The van der Waals surface area contributed by atoms with Gasteiger partial charge >= 0.3 is 6.03 Å². The maximum atomic E-state index is 13.0. The number of rotatable bonds is 5. The summed E-state index contributed by atoms with van der Waals surface area (Å²) in [5, 5.41) is 7.80. The number of hydrogen-bond donors (Lipinski definition) is 3. The van der Waals surface area contributed by atoms with Crippen molar-refractivity contribution in [1.82, 2.24) is 4.98 Å². The number of carbonyl (C=O) groups excluding carboxylic acids is 1. The van der Waals surface area contributed by atoms with E-state index in [1.54, 1.807) is 12.3 Å². The number of nitrogens with one attached hydrogen (secondary N) is 3. The number of fused-ring (bicyclic) bond motifs is 1. The van der Waals surface area contributed by atoms with E-state index in [0.29, 0.717) is 5.69 Å². The summed E-state index contributed by atoms with van der Waals surface area (Å²) in [7, 11) is -3.40. The van der Waals surface area contributed by atoms with E-state index in [-0.39, 0.29) is 17.3 Å². The summed E-state index contributed by atoms with van der Waals surface area (Å²) in [6.45, 7) is 8.39. The lowest BCUT2D eigenvalue weighted by Crippen LogP contribution is -2.21. The van der Waals surface area contributed by atoms with Crippen LogP contribution in [0.5, 0.6) is 0 Å². The number of pyridine rings is 1. The van der Waals surface area contributed by atoms with Crippen LogP contribution >= 0.6 is 0 Å². The van der Waals surface area contributed by atoms with E-state index >= 15 is 0 Å². The molecule has 2 amide bonds. The van der Waals surface area contributed by atoms with Gasteiger partial charge in [-0.15, -0.1) is 0 Å². The molecule has 0 aliphatic carbocycles. The summed E-state index contributed by atoms with van der Waals surface area (Å²) in [5.74, 6) is 0.256. The molecule has 0 aliphatic rings. The van der Waals surface area contributed by atoms with Crippen molar-refractivity contribution in [2.45, 2.75) is 33.1 Å². The van der Waals surface area contributed by atoms with Gasteiger partial charge in [0.15, 0.2) is 0 Å². The third-order valence-electron chi connectivity index (χ3n) is 5.89. The first-order chi connectivity index (χ1) is 16.9. The highest BCUT2D eigenvalue weighted by Crippen LogP contribution is 2.34. The first kappa shape index (κ1) is 25.2. The quantitative estimate of drug-likeness (QED) is 0.289. The van der Waals surface area contributed by atoms with Gasteiger partial charge in [-0.3, -0.25) is 4.72 Å². The van der Waals surface area contributed by atoms with E-state index < -0.39 is 10.0 Å². The normalized spacial score (nSPS) is 11.8. The number of anilines is 3. The average molecular weight is 503 g/mol. The number of amides is 2. The Hall–Kier alpha value is -3.91. The van der Waals surface area contributed by atoms with E-state index in [1.165, 1.54) is 0 Å². The van der Waals surface area contributed by atoms with Crippen molar-refractivity contribution in [3.8, 4) is 11.1 Å². The van der Waals surface area contributed by atoms with Crippen LogP contribution in [0.1, 0.15) is 31.9 Å². The van der Waals surface area contributed by atoms with Crippen molar-refractivity contribution < 1.29 is 13.2 Å². The van der Waals surface area contributed by atoms with Gasteiger partial charge in [-0.1, -0.05) is 63.2 Å². The van der Waals surface area contributed by atoms with E-state index in [9.17, 15) is 13.2 Å². The van der Waals surface area contributed by atoms with E-state index in [1.807, 2.05) is 61.5 Å². The minimum Gasteiger partial charge on any atom is -0.307 e. The molecular weight excluding hydrogens is 472 g/mol. The number of aromatic nitrogens is 1. The van der Waals surface area contributed by atoms with Gasteiger partial charge in [-0.25, -0.2) is 18.2 Å². The summed E-state index contributed by atoms with van der Waals surface area (Å²) >= 11 is 0. The van der Waals surface area contributed by atoms with E-state index in [0.717, 1.165) is 45.0 Å². The molecule has 3 N–H and O–H groups in total. The second-order valence-electron chi connectivity index (χ2n) is 9.87. The predicted octanol–water partition coefficient (Wildman–Crippen LogP) is 6.52. The smallest absolute Gasteiger partial charge is 0.307 e. The number of sulfonamides is 1. The Morgan fingerprint density at radius 3 is 2.19 bits per heavy atom. The molecule has 0 fully saturated rings. The monoisotopic (exact) mass is 502 g/mol. The minimum absolute atomic E-state index is 0.0272. The molecule has 0 atom stereocenters. The minimum atomic E-state index is -3.40. The van der Waals surface area contributed by atoms with Crippen molar-refractivity contribution >= 4 is 44.0 Å². The fraction of sp³-hybridized carbons (Fsp3) is 0.214. The topological polar surface area (TPSA) is 100 Å². The maximum Gasteiger partial charge on any atom is 0.323 e. The molecular formula is C28H30N4O3S. The molecule has 4 rings (SSSR count). The predicted molar refractivity (Wildman–Crippen MR) is 148 cm³/mol. The van der Waals surface area contributed by atoms with Gasteiger partial charge in [0.05, 0.1) is 11.9 Å². The summed E-state index contributed by atoms with van der Waals surface area (Å²) in [6.07, 6.45) is 2.71. The molecule has 8 heteroatoms. The van der Waals surface area contributed by atoms with Crippen LogP contribution in [-0.2, 0) is 15.4 Å². The second-order valence-corrected chi connectivity index (χ2v) is 11.6. The van der Waals surface area contributed by atoms with Gasteiger partial charge in [-0.2, -0.15) is 0 Å². The lowest BCUT2D eigenvalue weighted by atomic mass is 9.86. The van der Waals surface area contributed by atoms with Crippen LogP contribution in [0.25, 0.3) is 21.9 Å². The molecule has 0 radical (unpaired) electrons. The second kappa shape index (κ2) is 9.62. The van der Waals surface area contributed by atoms with E-state index in [2.05, 4.69) is 47.2 Å². The first-order valence-electron chi connectivity index (χ1n) is 11.6. The highest BCUT2D eigenvalue weighted by Gasteiger charge is 2.16. The number of carbonyl (C=O) groups is 1. The van der Waals surface area contributed by atoms with Crippen LogP contribution in [-0.4, -0.2) is 25.7 Å². The van der Waals surface area contributed by atoms with Gasteiger partial charge in [0.1, 0.15) is 5.82 Å². The standard InChI is InChI=1S/C28H30N4O3S/c1-18-10-12-20(28(2,3)4)16-25(18)31-27(33)30-24-14-13-21(22-8-6-7-9-23(22)24)19-11-15-26(29-17-19)32-36(5,34)35/h6-17H,1-5H3,(H,29,32)(H2,30,31,33). The highest BCUT2D eigenvalue weighted by molar-refractivity contribution is 7.92. The van der Waals surface area contributed by atoms with Crippen molar-refractivity contribution in [2.75, 3.05) is 21.6 Å². The Morgan fingerprint density at radius 2 is 1.56 bits per heavy atom. The Labute approximate surface area is 212 Å². The molecule has 0 saturated heterocycles. The van der Waals surface area contributed by atoms with Gasteiger partial charge in [0.25, 0.3) is 0 Å². The molecule has 3 aromatic carbocycles. The van der Waals surface area contributed by atoms with Gasteiger partial charge in [-0.05, 0) is 58.7 Å². The Morgan fingerprint density at radius 1 is 0.861 bits per heavy atom. The summed E-state index contributed by atoms with van der Waals surface area (Å²) in [5.41, 5.74) is 5.30. The zero-order valence-corrected chi connectivity index (χ0v) is 21.8. The highest BCUT2D eigenvalue weighted by atomic mass is 32.2. The van der Waals surface area contributed by atoms with Crippen LogP contribution < -0.4 is 15.4 Å². The molecule has 7 nitrogen and oxygen atoms in total. The van der Waals surface area contributed by atoms with Crippen LogP contribution in [0.3, 0.4) is 0 Å². The Bertz CT molecular complexity index is 1540. The maximum absolute atomic E-state index is 13.0. The van der Waals surface area contributed by atoms with Crippen LogP contribution in [0, 0.1) is 6.92 Å². The third kappa shape index (κ3) is 5.83. The molecule has 36 heavy (non-hydrogen) atoms. The van der Waals surface area contributed by atoms with Gasteiger partial charge in [0.2, 0.25) is 10.0 Å². The Kier molecular flexibility index (Phi) is 6.73. The molecule has 1 aromatic heterocycles. The SMILES string of the molecule is Cc1ccc(C(C)(C)C)cc1NC(=O)Nc1ccc(-c2ccc(NS(C)(=O)=O)nc2)c2ccccc12. The van der Waals surface area contributed by atoms with Crippen LogP contribution in [0.2, 0.25) is 0 Å². The Balaban J connectivity index is 1.61. The van der Waals surface area contributed by atoms with Gasteiger partial charge < -0.3 is 10.6 Å². The number of nitrogens with zero attached hydrogens (tertiary/aromatic N) is 1. The fourth-order valence-electron chi connectivity index (χ4n) is 3.96. The molecule has 1 heterocycles. The largest absolute Gasteiger partial charge is 0.323 e. The molecule has 4 aromatic rings. The van der Waals surface area contributed by atoms with E-state index in [4.69, 9.17) is 0 Å². The summed E-state index contributed by atoms with van der Waals surface area (Å²) in [4.78, 5) is 17.2. The number of urea groups is 1. The zero-order valence-electron chi connectivity index (χ0n) is 21.0. The zero-order chi connectivity index (χ0) is 26.1. The lowest BCUT2D eigenvalue weighted by molar-refractivity contribution is 0.262. The van der Waals surface area contributed by atoms with Crippen molar-refractivity contribution in [1.29, 1.82) is 0 Å². The van der Waals surface area contributed by atoms with Crippen LogP contribution in [0.15, 0.2) is 72.9 Å². The average Bonchev–Trinajstić information content (AvgIpc) is 2.80. The number of benzene rings is 3. The van der Waals surface area contributed by atoms with Crippen molar-refractivity contribution in [3.05, 3.63) is 84.1 Å².